The molecule has 2 amide bonds. The fraction of sp³-hybridized carbons (Fsp3) is 0.500. The van der Waals surface area contributed by atoms with Crippen molar-refractivity contribution in [2.75, 3.05) is 18.0 Å². The van der Waals surface area contributed by atoms with E-state index in [1.165, 1.54) is 0 Å². The summed E-state index contributed by atoms with van der Waals surface area (Å²) < 4.78 is 1.02. The number of rotatable bonds is 5. The number of halogens is 1. The van der Waals surface area contributed by atoms with E-state index < -0.39 is 0 Å². The minimum absolute atomic E-state index is 0.00636. The second-order valence-electron chi connectivity index (χ2n) is 5.48. The van der Waals surface area contributed by atoms with Crippen LogP contribution in [0.2, 0.25) is 0 Å². The zero-order chi connectivity index (χ0) is 15.4. The van der Waals surface area contributed by atoms with Gasteiger partial charge in [-0.25, -0.2) is 0 Å². The minimum Gasteiger partial charge on any atom is -0.356 e. The molecule has 1 atom stereocenters. The topological polar surface area (TPSA) is 49.4 Å². The van der Waals surface area contributed by atoms with Crippen LogP contribution >= 0.6 is 15.9 Å². The van der Waals surface area contributed by atoms with Crippen LogP contribution in [-0.2, 0) is 9.59 Å². The Morgan fingerprint density at radius 1 is 1.48 bits per heavy atom. The van der Waals surface area contributed by atoms with E-state index in [0.29, 0.717) is 19.5 Å². The van der Waals surface area contributed by atoms with Crippen LogP contribution in [0, 0.1) is 12.8 Å². The number of benzene rings is 1. The van der Waals surface area contributed by atoms with Crippen molar-refractivity contribution in [3.8, 4) is 0 Å². The van der Waals surface area contributed by atoms with Crippen molar-refractivity contribution in [3.63, 3.8) is 0 Å². The molecule has 1 heterocycles. The molecule has 0 saturated carbocycles. The smallest absolute Gasteiger partial charge is 0.227 e. The molecule has 114 valence electrons. The fourth-order valence-corrected chi connectivity index (χ4v) is 2.71. The van der Waals surface area contributed by atoms with E-state index in [4.69, 9.17) is 0 Å². The molecule has 1 aliphatic rings. The van der Waals surface area contributed by atoms with Gasteiger partial charge in [-0.1, -0.05) is 29.3 Å². The van der Waals surface area contributed by atoms with Gasteiger partial charge in [-0.15, -0.1) is 0 Å². The lowest BCUT2D eigenvalue weighted by Gasteiger charge is -2.17. The molecule has 0 bridgehead atoms. The lowest BCUT2D eigenvalue weighted by molar-refractivity contribution is -0.126. The van der Waals surface area contributed by atoms with Crippen molar-refractivity contribution in [3.05, 3.63) is 28.2 Å². The Labute approximate surface area is 134 Å². The summed E-state index contributed by atoms with van der Waals surface area (Å²) in [5.74, 6) is -0.223. The molecule has 4 nitrogen and oxygen atoms in total. The number of unbranched alkanes of at least 4 members (excludes halogenated alkanes) is 1. The Kier molecular flexibility index (Phi) is 5.39. The van der Waals surface area contributed by atoms with E-state index in [1.807, 2.05) is 25.1 Å². The van der Waals surface area contributed by atoms with Gasteiger partial charge in [0, 0.05) is 29.7 Å². The van der Waals surface area contributed by atoms with Crippen molar-refractivity contribution >= 4 is 33.4 Å². The number of carbonyl (C=O) groups excluding carboxylic acids is 2. The van der Waals surface area contributed by atoms with E-state index in [-0.39, 0.29) is 17.7 Å². The van der Waals surface area contributed by atoms with E-state index in [2.05, 4.69) is 28.2 Å². The molecule has 0 aromatic heterocycles. The summed E-state index contributed by atoms with van der Waals surface area (Å²) in [6.07, 6.45) is 2.32. The summed E-state index contributed by atoms with van der Waals surface area (Å²) >= 11 is 3.46. The maximum absolute atomic E-state index is 12.1. The standard InChI is InChI=1S/C16H21BrN2O2/c1-3-4-7-18-16(21)12-9-15(20)19(10-12)13-5-6-14(17)11(2)8-13/h5-6,8,12H,3-4,7,9-10H2,1-2H3,(H,18,21). The fourth-order valence-electron chi connectivity index (χ4n) is 2.46. The zero-order valence-electron chi connectivity index (χ0n) is 12.5. The minimum atomic E-state index is -0.238. The maximum atomic E-state index is 12.1. The van der Waals surface area contributed by atoms with Crippen LogP contribution < -0.4 is 10.2 Å². The molecule has 2 rings (SSSR count). The highest BCUT2D eigenvalue weighted by molar-refractivity contribution is 9.10. The van der Waals surface area contributed by atoms with Crippen LogP contribution in [0.1, 0.15) is 31.7 Å². The van der Waals surface area contributed by atoms with Crippen LogP contribution in [0.3, 0.4) is 0 Å². The van der Waals surface area contributed by atoms with Crippen LogP contribution in [0.25, 0.3) is 0 Å². The monoisotopic (exact) mass is 352 g/mol. The van der Waals surface area contributed by atoms with Gasteiger partial charge >= 0.3 is 0 Å². The largest absolute Gasteiger partial charge is 0.356 e. The van der Waals surface area contributed by atoms with Crippen molar-refractivity contribution in [2.24, 2.45) is 5.92 Å². The molecule has 1 N–H and O–H groups in total. The van der Waals surface area contributed by atoms with Gasteiger partial charge in [-0.2, -0.15) is 0 Å². The molecule has 0 aliphatic carbocycles. The Balaban J connectivity index is 2.02. The first-order valence-electron chi connectivity index (χ1n) is 7.37. The van der Waals surface area contributed by atoms with E-state index in [9.17, 15) is 9.59 Å². The molecule has 1 unspecified atom stereocenters. The van der Waals surface area contributed by atoms with Gasteiger partial charge < -0.3 is 10.2 Å². The Morgan fingerprint density at radius 2 is 2.24 bits per heavy atom. The summed E-state index contributed by atoms with van der Waals surface area (Å²) in [6.45, 7) is 5.24. The highest BCUT2D eigenvalue weighted by Gasteiger charge is 2.34. The molecule has 21 heavy (non-hydrogen) atoms. The molecule has 0 spiro atoms. The number of nitrogens with one attached hydrogen (secondary N) is 1. The quantitative estimate of drug-likeness (QED) is 0.828. The van der Waals surface area contributed by atoms with E-state index in [0.717, 1.165) is 28.6 Å². The number of anilines is 1. The first-order chi connectivity index (χ1) is 10.0. The van der Waals surface area contributed by atoms with E-state index >= 15 is 0 Å². The summed E-state index contributed by atoms with van der Waals surface area (Å²) in [4.78, 5) is 25.9. The molecule has 1 aromatic rings. The second kappa shape index (κ2) is 7.07. The lowest BCUT2D eigenvalue weighted by Crippen LogP contribution is -2.33. The molecule has 1 aromatic carbocycles. The molecule has 5 heteroatoms. The average Bonchev–Trinajstić information content (AvgIpc) is 2.84. The number of carbonyl (C=O) groups is 2. The first-order valence-corrected chi connectivity index (χ1v) is 8.16. The maximum Gasteiger partial charge on any atom is 0.227 e. The van der Waals surface area contributed by atoms with Crippen molar-refractivity contribution in [2.45, 2.75) is 33.1 Å². The van der Waals surface area contributed by atoms with Crippen LogP contribution in [-0.4, -0.2) is 24.9 Å². The highest BCUT2D eigenvalue weighted by atomic mass is 79.9. The first kappa shape index (κ1) is 16.0. The van der Waals surface area contributed by atoms with Gasteiger partial charge in [-0.3, -0.25) is 9.59 Å². The predicted molar refractivity (Wildman–Crippen MR) is 87.3 cm³/mol. The Bertz CT molecular complexity index is 545. The Morgan fingerprint density at radius 3 is 2.90 bits per heavy atom. The normalized spacial score (nSPS) is 18.1. The molecule has 0 radical (unpaired) electrons. The molecule has 1 fully saturated rings. The number of aryl methyl sites for hydroxylation is 1. The van der Waals surface area contributed by atoms with Crippen LogP contribution in [0.4, 0.5) is 5.69 Å². The van der Waals surface area contributed by atoms with Crippen LogP contribution in [0.5, 0.6) is 0 Å². The van der Waals surface area contributed by atoms with E-state index in [1.54, 1.807) is 4.90 Å². The molecule has 1 saturated heterocycles. The zero-order valence-corrected chi connectivity index (χ0v) is 14.1. The molecular formula is C16H21BrN2O2. The second-order valence-corrected chi connectivity index (χ2v) is 6.34. The average molecular weight is 353 g/mol. The van der Waals surface area contributed by atoms with Gasteiger partial charge in [0.1, 0.15) is 0 Å². The van der Waals surface area contributed by atoms with Gasteiger partial charge in [0.15, 0.2) is 0 Å². The third-order valence-corrected chi connectivity index (χ3v) is 4.67. The van der Waals surface area contributed by atoms with Gasteiger partial charge in [0.05, 0.1) is 5.92 Å². The van der Waals surface area contributed by atoms with Gasteiger partial charge in [0.25, 0.3) is 0 Å². The summed E-state index contributed by atoms with van der Waals surface area (Å²) in [5.41, 5.74) is 1.95. The Hall–Kier alpha value is -1.36. The summed E-state index contributed by atoms with van der Waals surface area (Å²) in [7, 11) is 0. The third-order valence-electron chi connectivity index (χ3n) is 3.78. The van der Waals surface area contributed by atoms with Crippen LogP contribution in [0.15, 0.2) is 22.7 Å². The molecule has 1 aliphatic heterocycles. The number of hydrogen-bond donors (Lipinski definition) is 1. The summed E-state index contributed by atoms with van der Waals surface area (Å²) in [5, 5.41) is 2.91. The predicted octanol–water partition coefficient (Wildman–Crippen LogP) is 3.03. The SMILES string of the molecule is CCCCNC(=O)C1CC(=O)N(c2ccc(Br)c(C)c2)C1. The van der Waals surface area contributed by atoms with Crippen molar-refractivity contribution < 1.29 is 9.59 Å². The number of amides is 2. The summed E-state index contributed by atoms with van der Waals surface area (Å²) in [6, 6.07) is 5.82. The lowest BCUT2D eigenvalue weighted by atomic mass is 10.1. The van der Waals surface area contributed by atoms with Gasteiger partial charge in [-0.05, 0) is 37.1 Å². The van der Waals surface area contributed by atoms with Crippen molar-refractivity contribution in [1.29, 1.82) is 0 Å². The highest BCUT2D eigenvalue weighted by Crippen LogP contribution is 2.28. The van der Waals surface area contributed by atoms with Crippen molar-refractivity contribution in [1.82, 2.24) is 5.32 Å². The number of hydrogen-bond acceptors (Lipinski definition) is 2. The third kappa shape index (κ3) is 3.84. The molecular weight excluding hydrogens is 332 g/mol. The number of nitrogens with zero attached hydrogens (tertiary/aromatic N) is 1. The van der Waals surface area contributed by atoms with Gasteiger partial charge in [0.2, 0.25) is 11.8 Å².